The second kappa shape index (κ2) is 9.48. The number of methoxy groups -OCH3 is 1. The van der Waals surface area contributed by atoms with Gasteiger partial charge in [-0.15, -0.1) is 0 Å². The molecule has 0 aliphatic heterocycles. The molecule has 5 heteroatoms. The van der Waals surface area contributed by atoms with Crippen LogP contribution in [0.4, 0.5) is 5.69 Å². The van der Waals surface area contributed by atoms with Gasteiger partial charge in [-0.05, 0) is 47.5 Å². The van der Waals surface area contributed by atoms with Gasteiger partial charge in [-0.1, -0.05) is 42.5 Å². The molecule has 3 rings (SSSR count). The third-order valence-electron chi connectivity index (χ3n) is 4.25. The summed E-state index contributed by atoms with van der Waals surface area (Å²) in [5.74, 6) is -0.372. The summed E-state index contributed by atoms with van der Waals surface area (Å²) in [6.07, 6.45) is 0. The van der Waals surface area contributed by atoms with E-state index in [1.165, 1.54) is 0 Å². The molecular weight excluding hydrogens is 352 g/mol. The fourth-order valence-electron chi connectivity index (χ4n) is 2.72. The molecule has 0 aliphatic rings. The molecule has 0 heterocycles. The van der Waals surface area contributed by atoms with E-state index in [4.69, 9.17) is 4.74 Å². The summed E-state index contributed by atoms with van der Waals surface area (Å²) in [6, 6.07) is 24.2. The van der Waals surface area contributed by atoms with E-state index in [9.17, 15) is 9.59 Å². The van der Waals surface area contributed by atoms with Crippen LogP contribution in [0.3, 0.4) is 0 Å². The molecule has 0 radical (unpaired) electrons. The fraction of sp³-hybridized carbons (Fsp3) is 0.130. The molecular formula is C23H22N2O3. The van der Waals surface area contributed by atoms with Gasteiger partial charge in [-0.25, -0.2) is 0 Å². The van der Waals surface area contributed by atoms with Gasteiger partial charge in [0.25, 0.3) is 11.8 Å². The minimum atomic E-state index is -0.197. The molecule has 0 unspecified atom stereocenters. The molecule has 0 aliphatic carbocycles. The van der Waals surface area contributed by atoms with Gasteiger partial charge < -0.3 is 15.4 Å². The first-order valence-electron chi connectivity index (χ1n) is 9.01. The normalized spacial score (nSPS) is 10.3. The highest BCUT2D eigenvalue weighted by Crippen LogP contribution is 2.20. The van der Waals surface area contributed by atoms with Crippen molar-refractivity contribution in [3.63, 3.8) is 0 Å². The number of hydrogen-bond donors (Lipinski definition) is 2. The molecule has 0 fully saturated rings. The lowest BCUT2D eigenvalue weighted by molar-refractivity contribution is 0.0936. The first kappa shape index (κ1) is 19.3. The summed E-state index contributed by atoms with van der Waals surface area (Å²) in [7, 11) is 1.58. The number of benzene rings is 3. The van der Waals surface area contributed by atoms with E-state index in [2.05, 4.69) is 10.6 Å². The molecule has 2 amide bonds. The summed E-state index contributed by atoms with van der Waals surface area (Å²) >= 11 is 0. The van der Waals surface area contributed by atoms with Crippen LogP contribution in [0.25, 0.3) is 11.1 Å². The third kappa shape index (κ3) is 5.05. The predicted molar refractivity (Wildman–Crippen MR) is 110 cm³/mol. The maximum Gasteiger partial charge on any atom is 0.255 e. The standard InChI is InChI=1S/C23H22N2O3/c1-28-16-15-24-22(26)19-11-13-21(14-12-19)25-23(27)20-9-7-18(8-10-20)17-5-3-2-4-6-17/h2-14H,15-16H2,1H3,(H,24,26)(H,25,27). The van der Waals surface area contributed by atoms with E-state index in [-0.39, 0.29) is 11.8 Å². The maximum absolute atomic E-state index is 12.5. The van der Waals surface area contributed by atoms with Crippen LogP contribution in [0.1, 0.15) is 20.7 Å². The predicted octanol–water partition coefficient (Wildman–Crippen LogP) is 3.98. The second-order valence-corrected chi connectivity index (χ2v) is 6.22. The largest absolute Gasteiger partial charge is 0.383 e. The number of anilines is 1. The Labute approximate surface area is 164 Å². The molecule has 0 atom stereocenters. The van der Waals surface area contributed by atoms with E-state index < -0.39 is 0 Å². The number of nitrogens with one attached hydrogen (secondary N) is 2. The second-order valence-electron chi connectivity index (χ2n) is 6.22. The highest BCUT2D eigenvalue weighted by Gasteiger charge is 2.08. The Hall–Kier alpha value is -3.44. The SMILES string of the molecule is COCCNC(=O)c1ccc(NC(=O)c2ccc(-c3ccccc3)cc2)cc1. The van der Waals surface area contributed by atoms with Crippen molar-refractivity contribution in [2.75, 3.05) is 25.6 Å². The number of carbonyl (C=O) groups excluding carboxylic acids is 2. The van der Waals surface area contributed by atoms with E-state index in [0.29, 0.717) is 30.0 Å². The zero-order chi connectivity index (χ0) is 19.8. The zero-order valence-electron chi connectivity index (χ0n) is 15.6. The lowest BCUT2D eigenvalue weighted by atomic mass is 10.0. The number of ether oxygens (including phenoxy) is 1. The van der Waals surface area contributed by atoms with E-state index in [0.717, 1.165) is 11.1 Å². The molecule has 0 saturated heterocycles. The Balaban J connectivity index is 1.60. The van der Waals surface area contributed by atoms with Crippen molar-refractivity contribution in [3.8, 4) is 11.1 Å². The van der Waals surface area contributed by atoms with Crippen molar-refractivity contribution in [1.29, 1.82) is 0 Å². The van der Waals surface area contributed by atoms with Crippen molar-refractivity contribution in [2.24, 2.45) is 0 Å². The van der Waals surface area contributed by atoms with Crippen molar-refractivity contribution in [2.45, 2.75) is 0 Å². The van der Waals surface area contributed by atoms with Crippen molar-refractivity contribution >= 4 is 17.5 Å². The summed E-state index contributed by atoms with van der Waals surface area (Å²) in [5.41, 5.74) is 3.89. The summed E-state index contributed by atoms with van der Waals surface area (Å²) in [6.45, 7) is 0.912. The quantitative estimate of drug-likeness (QED) is 0.615. The Morgan fingerprint density at radius 1 is 0.750 bits per heavy atom. The van der Waals surface area contributed by atoms with Gasteiger partial charge in [-0.2, -0.15) is 0 Å². The minimum Gasteiger partial charge on any atom is -0.383 e. The van der Waals surface area contributed by atoms with Crippen molar-refractivity contribution in [1.82, 2.24) is 5.32 Å². The maximum atomic E-state index is 12.5. The Morgan fingerprint density at radius 2 is 1.32 bits per heavy atom. The first-order chi connectivity index (χ1) is 13.7. The minimum absolute atomic E-state index is 0.175. The highest BCUT2D eigenvalue weighted by atomic mass is 16.5. The molecule has 5 nitrogen and oxygen atoms in total. The molecule has 28 heavy (non-hydrogen) atoms. The van der Waals surface area contributed by atoms with Crippen molar-refractivity contribution < 1.29 is 14.3 Å². The topological polar surface area (TPSA) is 67.4 Å². The van der Waals surface area contributed by atoms with Gasteiger partial charge >= 0.3 is 0 Å². The molecule has 2 N–H and O–H groups in total. The monoisotopic (exact) mass is 374 g/mol. The Kier molecular flexibility index (Phi) is 6.54. The Bertz CT molecular complexity index is 920. The molecule has 3 aromatic carbocycles. The lowest BCUT2D eigenvalue weighted by Gasteiger charge is -2.08. The van der Waals surface area contributed by atoms with Crippen LogP contribution in [0, 0.1) is 0 Å². The molecule has 0 bridgehead atoms. The van der Waals surface area contributed by atoms with Gasteiger partial charge in [-0.3, -0.25) is 9.59 Å². The van der Waals surface area contributed by atoms with Crippen LogP contribution in [-0.2, 0) is 4.74 Å². The van der Waals surface area contributed by atoms with Crippen molar-refractivity contribution in [3.05, 3.63) is 90.0 Å². The van der Waals surface area contributed by atoms with Crippen LogP contribution in [-0.4, -0.2) is 32.1 Å². The first-order valence-corrected chi connectivity index (χ1v) is 9.01. The molecule has 0 aromatic heterocycles. The van der Waals surface area contributed by atoms with Crippen LogP contribution in [0.15, 0.2) is 78.9 Å². The van der Waals surface area contributed by atoms with Gasteiger partial charge in [0.2, 0.25) is 0 Å². The van der Waals surface area contributed by atoms with Gasteiger partial charge in [0.05, 0.1) is 6.61 Å². The van der Waals surface area contributed by atoms with E-state index in [1.54, 1.807) is 43.5 Å². The number of hydrogen-bond acceptors (Lipinski definition) is 3. The summed E-state index contributed by atoms with van der Waals surface area (Å²) in [4.78, 5) is 24.4. The number of amides is 2. The highest BCUT2D eigenvalue weighted by molar-refractivity contribution is 6.04. The average Bonchev–Trinajstić information content (AvgIpc) is 2.75. The summed E-state index contributed by atoms with van der Waals surface area (Å²) in [5, 5.41) is 5.60. The zero-order valence-corrected chi connectivity index (χ0v) is 15.6. The third-order valence-corrected chi connectivity index (χ3v) is 4.25. The average molecular weight is 374 g/mol. The van der Waals surface area contributed by atoms with Crippen LogP contribution in [0.5, 0.6) is 0 Å². The molecule has 3 aromatic rings. The Morgan fingerprint density at radius 3 is 1.96 bits per heavy atom. The summed E-state index contributed by atoms with van der Waals surface area (Å²) < 4.78 is 4.90. The smallest absolute Gasteiger partial charge is 0.255 e. The molecule has 142 valence electrons. The number of carbonyl (C=O) groups is 2. The van der Waals surface area contributed by atoms with Gasteiger partial charge in [0, 0.05) is 30.5 Å². The van der Waals surface area contributed by atoms with Crippen LogP contribution < -0.4 is 10.6 Å². The van der Waals surface area contributed by atoms with Crippen LogP contribution in [0.2, 0.25) is 0 Å². The lowest BCUT2D eigenvalue weighted by Crippen LogP contribution is -2.26. The van der Waals surface area contributed by atoms with Gasteiger partial charge in [0.1, 0.15) is 0 Å². The molecule has 0 saturated carbocycles. The van der Waals surface area contributed by atoms with E-state index in [1.807, 2.05) is 42.5 Å². The fourth-order valence-corrected chi connectivity index (χ4v) is 2.72. The number of rotatable bonds is 7. The van der Waals surface area contributed by atoms with Crippen LogP contribution >= 0.6 is 0 Å². The molecule has 0 spiro atoms. The van der Waals surface area contributed by atoms with E-state index >= 15 is 0 Å². The van der Waals surface area contributed by atoms with Gasteiger partial charge in [0.15, 0.2) is 0 Å².